The summed E-state index contributed by atoms with van der Waals surface area (Å²) in [4.78, 5) is 48.2. The molecular weight excluding hydrogens is 880 g/mol. The molecule has 0 aliphatic carbocycles. The van der Waals surface area contributed by atoms with Crippen molar-refractivity contribution in [3.63, 3.8) is 0 Å². The predicted octanol–water partition coefficient (Wildman–Crippen LogP) is 14.9. The average molecular weight is 973 g/mol. The van der Waals surface area contributed by atoms with Crippen molar-refractivity contribution >= 4 is 25.7 Å². The second-order valence-corrected chi connectivity index (χ2v) is 18.4. The minimum Gasteiger partial charge on any atom is -0.461 e. The van der Waals surface area contributed by atoms with Gasteiger partial charge in [-0.1, -0.05) is 201 Å². The van der Waals surface area contributed by atoms with Crippen LogP contribution in [0.1, 0.15) is 201 Å². The van der Waals surface area contributed by atoms with E-state index in [1.165, 1.54) is 44.9 Å². The molecule has 0 saturated heterocycles. The predicted molar refractivity (Wildman–Crippen MR) is 279 cm³/mol. The monoisotopic (exact) mass is 973 g/mol. The summed E-state index contributed by atoms with van der Waals surface area (Å²) >= 11 is 0. The van der Waals surface area contributed by atoms with Crippen LogP contribution < -0.4 is 0 Å². The van der Waals surface area contributed by atoms with Gasteiger partial charge in [0.25, 0.3) is 0 Å². The number of esters is 3. The molecule has 3 unspecified atom stereocenters. The van der Waals surface area contributed by atoms with Crippen molar-refractivity contribution in [2.24, 2.45) is 0 Å². The van der Waals surface area contributed by atoms with Gasteiger partial charge in [0.15, 0.2) is 6.10 Å². The standard InChI is InChI=1S/C56H93O11P/c1-4-7-10-13-16-19-22-24-26-28-31-33-36-39-42-45-54(58)63-49-53(67-56(60)47-44-41-38-35-32-29-27-25-23-20-17-14-11-8-5-2)51-65-68(61,62)64-50-52(48-57)66-55(59)46-43-40-37-34-30-21-18-15-12-9-6-3/h7-8,10-11,16-17,19-20,24-27,31,33,39,42,52-53,57H,4-6,9,12-15,18,21-23,28-30,32,34-38,40-41,43-51H2,1-3H3,(H,61,62)/b10-7-,11-8-,19-16-,20-17-,26-24-,27-25-,33-31-,42-39-. The quantitative estimate of drug-likeness (QED) is 0.0197. The van der Waals surface area contributed by atoms with E-state index in [4.69, 9.17) is 23.3 Å². The smallest absolute Gasteiger partial charge is 0.461 e. The number of carbonyl (C=O) groups is 3. The van der Waals surface area contributed by atoms with Gasteiger partial charge in [-0.2, -0.15) is 0 Å². The molecule has 0 bridgehead atoms. The number of phosphoric ester groups is 1. The first-order chi connectivity index (χ1) is 33.2. The van der Waals surface area contributed by atoms with Crippen LogP contribution >= 0.6 is 7.82 Å². The van der Waals surface area contributed by atoms with E-state index in [-0.39, 0.29) is 19.3 Å². The lowest BCUT2D eigenvalue weighted by Gasteiger charge is -2.21. The maximum Gasteiger partial charge on any atom is 0.472 e. The van der Waals surface area contributed by atoms with Crippen molar-refractivity contribution in [3.8, 4) is 0 Å². The first-order valence-corrected chi connectivity index (χ1v) is 27.6. The van der Waals surface area contributed by atoms with Crippen LogP contribution in [0.3, 0.4) is 0 Å². The number of unbranched alkanes of at least 4 members (excludes halogenated alkanes) is 15. The van der Waals surface area contributed by atoms with Gasteiger partial charge >= 0.3 is 25.7 Å². The van der Waals surface area contributed by atoms with E-state index in [0.717, 1.165) is 96.3 Å². The number of phosphoric acid groups is 1. The molecule has 0 spiro atoms. The second kappa shape index (κ2) is 49.8. The van der Waals surface area contributed by atoms with Crippen molar-refractivity contribution in [1.29, 1.82) is 0 Å². The minimum atomic E-state index is -4.77. The van der Waals surface area contributed by atoms with Crippen molar-refractivity contribution in [1.82, 2.24) is 0 Å². The van der Waals surface area contributed by atoms with Gasteiger partial charge in [0.1, 0.15) is 12.7 Å². The molecule has 11 nitrogen and oxygen atoms in total. The van der Waals surface area contributed by atoms with E-state index >= 15 is 0 Å². The van der Waals surface area contributed by atoms with Crippen molar-refractivity contribution < 1.29 is 52.2 Å². The molecule has 0 radical (unpaired) electrons. The zero-order valence-corrected chi connectivity index (χ0v) is 43.4. The number of ether oxygens (including phenoxy) is 3. The summed E-state index contributed by atoms with van der Waals surface area (Å²) in [6, 6.07) is 0. The van der Waals surface area contributed by atoms with E-state index in [9.17, 15) is 28.9 Å². The Bertz CT molecular complexity index is 1510. The molecule has 0 aromatic rings. The third-order valence-electron chi connectivity index (χ3n) is 10.5. The Balaban J connectivity index is 4.90. The highest BCUT2D eigenvalue weighted by molar-refractivity contribution is 7.47. The number of aliphatic hydroxyl groups is 1. The number of carbonyl (C=O) groups excluding carboxylic acids is 3. The van der Waals surface area contributed by atoms with Crippen LogP contribution in [0.4, 0.5) is 0 Å². The Morgan fingerprint density at radius 3 is 1.25 bits per heavy atom. The van der Waals surface area contributed by atoms with Gasteiger partial charge in [-0.05, 0) is 77.0 Å². The Labute approximate surface area is 412 Å². The molecule has 68 heavy (non-hydrogen) atoms. The third kappa shape index (κ3) is 47.5. The Kier molecular flexibility index (Phi) is 47.2. The zero-order valence-electron chi connectivity index (χ0n) is 42.5. The second-order valence-electron chi connectivity index (χ2n) is 16.9. The summed E-state index contributed by atoms with van der Waals surface area (Å²) in [6.45, 7) is 4.25. The maximum atomic E-state index is 12.8. The van der Waals surface area contributed by atoms with E-state index in [1.54, 1.807) is 6.08 Å². The number of hydrogen-bond acceptors (Lipinski definition) is 10. The Hall–Kier alpha value is -3.60. The molecule has 0 amide bonds. The lowest BCUT2D eigenvalue weighted by molar-refractivity contribution is -0.161. The number of rotatable bonds is 47. The lowest BCUT2D eigenvalue weighted by atomic mass is 10.1. The number of allylic oxidation sites excluding steroid dienone is 15. The molecule has 2 N–H and O–H groups in total. The van der Waals surface area contributed by atoms with Gasteiger partial charge in [-0.15, -0.1) is 0 Å². The lowest BCUT2D eigenvalue weighted by Crippen LogP contribution is -2.30. The number of hydrogen-bond donors (Lipinski definition) is 2. The van der Waals surface area contributed by atoms with Gasteiger partial charge in [-0.3, -0.25) is 23.4 Å². The van der Waals surface area contributed by atoms with E-state index < -0.39 is 64.4 Å². The van der Waals surface area contributed by atoms with Crippen molar-refractivity contribution in [2.75, 3.05) is 26.4 Å². The molecule has 0 aromatic carbocycles. The molecule has 0 aliphatic heterocycles. The summed E-state index contributed by atoms with van der Waals surface area (Å²) in [5, 5.41) is 9.76. The molecule has 3 atom stereocenters. The fraction of sp³-hybridized carbons (Fsp3) is 0.661. The van der Waals surface area contributed by atoms with Crippen LogP contribution in [0, 0.1) is 0 Å². The SMILES string of the molecule is CC/C=C\C/C=C\C/C=C\C/C=C\C/C=C\CC(=O)OCC(COP(=O)(O)OCC(CO)OC(=O)CCCCCCCCCCCCC)OC(=O)CCCCCCC/C=C\C/C=C\C/C=C\CC. The summed E-state index contributed by atoms with van der Waals surface area (Å²) in [5.41, 5.74) is 0. The maximum absolute atomic E-state index is 12.8. The molecule has 0 heterocycles. The van der Waals surface area contributed by atoms with Crippen LogP contribution in [0.15, 0.2) is 97.2 Å². The van der Waals surface area contributed by atoms with Crippen molar-refractivity contribution in [3.05, 3.63) is 97.2 Å². The molecule has 0 fully saturated rings. The molecule has 0 aromatic heterocycles. The largest absolute Gasteiger partial charge is 0.472 e. The van der Waals surface area contributed by atoms with Gasteiger partial charge in [0.05, 0.1) is 26.2 Å². The van der Waals surface area contributed by atoms with Gasteiger partial charge in [0, 0.05) is 12.8 Å². The van der Waals surface area contributed by atoms with Crippen LogP contribution in [-0.2, 0) is 42.2 Å². The molecule has 0 rings (SSSR count). The third-order valence-corrected chi connectivity index (χ3v) is 11.5. The first-order valence-electron chi connectivity index (χ1n) is 26.1. The highest BCUT2D eigenvalue weighted by Gasteiger charge is 2.28. The average Bonchev–Trinajstić information content (AvgIpc) is 3.32. The Morgan fingerprint density at radius 2 is 0.809 bits per heavy atom. The molecule has 0 aliphatic rings. The summed E-state index contributed by atoms with van der Waals surface area (Å²) in [7, 11) is -4.77. The minimum absolute atomic E-state index is 0.0129. The van der Waals surface area contributed by atoms with E-state index in [1.807, 2.05) is 12.2 Å². The van der Waals surface area contributed by atoms with Gasteiger partial charge < -0.3 is 24.2 Å². The van der Waals surface area contributed by atoms with Crippen LogP contribution in [0.5, 0.6) is 0 Å². The van der Waals surface area contributed by atoms with Crippen LogP contribution in [0.2, 0.25) is 0 Å². The summed E-state index contributed by atoms with van der Waals surface area (Å²) in [5.74, 6) is -1.65. The molecule has 0 saturated carbocycles. The van der Waals surface area contributed by atoms with Crippen LogP contribution in [-0.4, -0.2) is 66.5 Å². The zero-order chi connectivity index (χ0) is 49.9. The molecular formula is C56H93O11P. The molecule has 388 valence electrons. The Morgan fingerprint density at radius 1 is 0.441 bits per heavy atom. The normalized spacial score (nSPS) is 14.2. The fourth-order valence-corrected chi connectivity index (χ4v) is 7.40. The fourth-order valence-electron chi connectivity index (χ4n) is 6.62. The summed E-state index contributed by atoms with van der Waals surface area (Å²) in [6.07, 6.45) is 56.9. The van der Waals surface area contributed by atoms with Gasteiger partial charge in [0.2, 0.25) is 0 Å². The van der Waals surface area contributed by atoms with E-state index in [0.29, 0.717) is 19.3 Å². The molecule has 12 heteroatoms. The highest BCUT2D eigenvalue weighted by Crippen LogP contribution is 2.43. The van der Waals surface area contributed by atoms with Crippen LogP contribution in [0.25, 0.3) is 0 Å². The highest BCUT2D eigenvalue weighted by atomic mass is 31.2. The topological polar surface area (TPSA) is 155 Å². The summed E-state index contributed by atoms with van der Waals surface area (Å²) < 4.78 is 39.2. The van der Waals surface area contributed by atoms with E-state index in [2.05, 4.69) is 99.8 Å². The van der Waals surface area contributed by atoms with Crippen molar-refractivity contribution in [2.45, 2.75) is 213 Å². The first kappa shape index (κ1) is 64.4. The number of aliphatic hydroxyl groups excluding tert-OH is 1. The van der Waals surface area contributed by atoms with Gasteiger partial charge in [-0.25, -0.2) is 4.57 Å².